The molecule has 9 nitrogen and oxygen atoms in total. The average Bonchev–Trinajstić information content (AvgIpc) is 2.85. The molecule has 36 heavy (non-hydrogen) atoms. The number of rotatable bonds is 17. The summed E-state index contributed by atoms with van der Waals surface area (Å²) in [6.45, 7) is 6.61. The SMILES string of the molecule is CCCCCN(C(=O)CO)C(=O)CC(C)CCNC(=O)CC(C)CCNC(=O)OCc1ccccc1. The second kappa shape index (κ2) is 18.3. The Morgan fingerprint density at radius 3 is 2.19 bits per heavy atom. The van der Waals surface area contributed by atoms with Gasteiger partial charge < -0.3 is 20.5 Å². The molecular formula is C27H43N3O6. The van der Waals surface area contributed by atoms with Crippen LogP contribution in [0.15, 0.2) is 30.3 Å². The molecule has 0 aliphatic rings. The standard InChI is InChI=1S/C27H43N3O6/c1-4-5-9-16-30(26(34)19-31)25(33)18-22(3)12-14-28-24(32)17-21(2)13-15-29-27(35)36-20-23-10-7-6-8-11-23/h6-8,10-11,21-22,31H,4-5,9,12-20H2,1-3H3,(H,28,32)(H,29,35). The number of aliphatic hydroxyl groups excluding tert-OH is 1. The van der Waals surface area contributed by atoms with Crippen molar-refractivity contribution in [2.45, 2.75) is 72.3 Å². The minimum atomic E-state index is -0.676. The molecule has 0 aromatic heterocycles. The van der Waals surface area contributed by atoms with E-state index in [1.807, 2.05) is 51.1 Å². The molecule has 3 N–H and O–H groups in total. The summed E-state index contributed by atoms with van der Waals surface area (Å²) in [6, 6.07) is 9.43. The van der Waals surface area contributed by atoms with Crippen molar-refractivity contribution in [2.75, 3.05) is 26.2 Å². The van der Waals surface area contributed by atoms with Crippen LogP contribution in [0.2, 0.25) is 0 Å². The zero-order valence-corrected chi connectivity index (χ0v) is 22.0. The fourth-order valence-electron chi connectivity index (χ4n) is 3.65. The number of imide groups is 1. The van der Waals surface area contributed by atoms with E-state index in [4.69, 9.17) is 9.84 Å². The summed E-state index contributed by atoms with van der Waals surface area (Å²) in [7, 11) is 0. The van der Waals surface area contributed by atoms with Crippen LogP contribution in [0.4, 0.5) is 4.79 Å². The minimum Gasteiger partial charge on any atom is -0.445 e. The summed E-state index contributed by atoms with van der Waals surface area (Å²) in [5.41, 5.74) is 0.916. The van der Waals surface area contributed by atoms with E-state index in [1.54, 1.807) is 0 Å². The van der Waals surface area contributed by atoms with Crippen LogP contribution >= 0.6 is 0 Å². The van der Waals surface area contributed by atoms with Gasteiger partial charge in [-0.2, -0.15) is 0 Å². The maximum absolute atomic E-state index is 12.5. The predicted molar refractivity (Wildman–Crippen MR) is 138 cm³/mol. The summed E-state index contributed by atoms with van der Waals surface area (Å²) >= 11 is 0. The summed E-state index contributed by atoms with van der Waals surface area (Å²) in [4.78, 5) is 49.6. The van der Waals surface area contributed by atoms with Crippen molar-refractivity contribution in [2.24, 2.45) is 11.8 Å². The molecule has 202 valence electrons. The van der Waals surface area contributed by atoms with E-state index in [0.717, 1.165) is 29.7 Å². The van der Waals surface area contributed by atoms with Gasteiger partial charge in [0.2, 0.25) is 11.8 Å². The lowest BCUT2D eigenvalue weighted by Crippen LogP contribution is -2.40. The third-order valence-corrected chi connectivity index (χ3v) is 5.86. The number of nitrogens with one attached hydrogen (secondary N) is 2. The van der Waals surface area contributed by atoms with Crippen molar-refractivity contribution in [3.05, 3.63) is 35.9 Å². The molecule has 0 saturated carbocycles. The number of ether oxygens (including phenoxy) is 1. The normalized spacial score (nSPS) is 12.3. The zero-order chi connectivity index (χ0) is 26.8. The predicted octanol–water partition coefficient (Wildman–Crippen LogP) is 3.40. The van der Waals surface area contributed by atoms with E-state index in [1.165, 1.54) is 0 Å². The van der Waals surface area contributed by atoms with Crippen molar-refractivity contribution < 1.29 is 29.0 Å². The highest BCUT2D eigenvalue weighted by Crippen LogP contribution is 2.12. The lowest BCUT2D eigenvalue weighted by Gasteiger charge is -2.22. The van der Waals surface area contributed by atoms with E-state index in [2.05, 4.69) is 10.6 Å². The first-order valence-electron chi connectivity index (χ1n) is 12.9. The number of nitrogens with zero attached hydrogens (tertiary/aromatic N) is 1. The Hall–Kier alpha value is -2.94. The molecule has 1 aromatic rings. The van der Waals surface area contributed by atoms with Crippen LogP contribution in [0.5, 0.6) is 0 Å². The average molecular weight is 506 g/mol. The van der Waals surface area contributed by atoms with Crippen molar-refractivity contribution in [3.8, 4) is 0 Å². The Morgan fingerprint density at radius 1 is 0.917 bits per heavy atom. The van der Waals surface area contributed by atoms with Gasteiger partial charge in [-0.05, 0) is 36.7 Å². The van der Waals surface area contributed by atoms with E-state index in [0.29, 0.717) is 38.9 Å². The van der Waals surface area contributed by atoms with E-state index < -0.39 is 18.6 Å². The molecule has 0 aliphatic carbocycles. The summed E-state index contributed by atoms with van der Waals surface area (Å²) in [5, 5.41) is 14.7. The van der Waals surface area contributed by atoms with Crippen molar-refractivity contribution in [1.29, 1.82) is 0 Å². The van der Waals surface area contributed by atoms with Crippen LogP contribution in [0.25, 0.3) is 0 Å². The number of benzene rings is 1. The number of amides is 4. The molecule has 2 atom stereocenters. The molecule has 0 radical (unpaired) electrons. The van der Waals surface area contributed by atoms with Gasteiger partial charge in [-0.3, -0.25) is 19.3 Å². The number of hydrogen-bond acceptors (Lipinski definition) is 6. The number of carbonyl (C=O) groups excluding carboxylic acids is 4. The largest absolute Gasteiger partial charge is 0.445 e. The molecule has 0 heterocycles. The Balaban J connectivity index is 2.21. The van der Waals surface area contributed by atoms with Crippen molar-refractivity contribution >= 4 is 23.8 Å². The molecular weight excluding hydrogens is 462 g/mol. The van der Waals surface area contributed by atoms with Gasteiger partial charge >= 0.3 is 6.09 Å². The Bertz CT molecular complexity index is 802. The van der Waals surface area contributed by atoms with Gasteiger partial charge in [-0.1, -0.05) is 63.9 Å². The maximum Gasteiger partial charge on any atom is 0.407 e. The highest BCUT2D eigenvalue weighted by atomic mass is 16.5. The van der Waals surface area contributed by atoms with Gasteiger partial charge in [0.25, 0.3) is 5.91 Å². The number of aliphatic hydroxyl groups is 1. The second-order valence-electron chi connectivity index (χ2n) is 9.34. The smallest absolute Gasteiger partial charge is 0.407 e. The van der Waals surface area contributed by atoms with Crippen LogP contribution in [-0.2, 0) is 25.7 Å². The number of carbonyl (C=O) groups is 4. The molecule has 2 unspecified atom stereocenters. The first-order valence-corrected chi connectivity index (χ1v) is 12.9. The van der Waals surface area contributed by atoms with Crippen LogP contribution < -0.4 is 10.6 Å². The fraction of sp³-hybridized carbons (Fsp3) is 0.630. The van der Waals surface area contributed by atoms with Crippen LogP contribution in [0.1, 0.15) is 71.3 Å². The molecule has 0 saturated heterocycles. The Labute approximate surface area is 215 Å². The second-order valence-corrected chi connectivity index (χ2v) is 9.34. The molecule has 9 heteroatoms. The molecule has 1 aromatic carbocycles. The van der Waals surface area contributed by atoms with E-state index in [9.17, 15) is 19.2 Å². The monoisotopic (exact) mass is 505 g/mol. The maximum atomic E-state index is 12.5. The van der Waals surface area contributed by atoms with Gasteiger partial charge in [0.05, 0.1) is 0 Å². The number of unbranched alkanes of at least 4 members (excludes halogenated alkanes) is 2. The van der Waals surface area contributed by atoms with Gasteiger partial charge in [0.1, 0.15) is 13.2 Å². The fourth-order valence-corrected chi connectivity index (χ4v) is 3.65. The third kappa shape index (κ3) is 13.8. The van der Waals surface area contributed by atoms with Gasteiger partial charge in [0, 0.05) is 32.5 Å². The molecule has 0 bridgehead atoms. The summed E-state index contributed by atoms with van der Waals surface area (Å²) in [5.74, 6) is -0.859. The van der Waals surface area contributed by atoms with Gasteiger partial charge in [-0.15, -0.1) is 0 Å². The lowest BCUT2D eigenvalue weighted by molar-refractivity contribution is -0.147. The topological polar surface area (TPSA) is 125 Å². The van der Waals surface area contributed by atoms with Crippen LogP contribution in [0.3, 0.4) is 0 Å². The third-order valence-electron chi connectivity index (χ3n) is 5.86. The number of alkyl carbamates (subject to hydrolysis) is 1. The van der Waals surface area contributed by atoms with Crippen LogP contribution in [-0.4, -0.2) is 60.1 Å². The quantitative estimate of drug-likeness (QED) is 0.279. The molecule has 1 rings (SSSR count). The van der Waals surface area contributed by atoms with E-state index in [-0.39, 0.29) is 36.7 Å². The van der Waals surface area contributed by atoms with Gasteiger partial charge in [-0.25, -0.2) is 4.79 Å². The minimum absolute atomic E-state index is 0.0125. The first kappa shape index (κ1) is 31.1. The highest BCUT2D eigenvalue weighted by Gasteiger charge is 2.22. The van der Waals surface area contributed by atoms with Crippen molar-refractivity contribution in [3.63, 3.8) is 0 Å². The molecule has 0 fully saturated rings. The molecule has 0 aliphatic heterocycles. The Morgan fingerprint density at radius 2 is 1.56 bits per heavy atom. The van der Waals surface area contributed by atoms with Gasteiger partial charge in [0.15, 0.2) is 0 Å². The van der Waals surface area contributed by atoms with E-state index >= 15 is 0 Å². The highest BCUT2D eigenvalue weighted by molar-refractivity contribution is 5.95. The molecule has 0 spiro atoms. The zero-order valence-electron chi connectivity index (χ0n) is 22.0. The van der Waals surface area contributed by atoms with Crippen LogP contribution in [0, 0.1) is 11.8 Å². The lowest BCUT2D eigenvalue weighted by atomic mass is 10.0. The first-order chi connectivity index (χ1) is 17.3. The molecule has 4 amide bonds. The Kier molecular flexibility index (Phi) is 15.8. The summed E-state index contributed by atoms with van der Waals surface area (Å²) in [6.07, 6.45) is 3.91. The number of hydrogen-bond donors (Lipinski definition) is 3. The summed E-state index contributed by atoms with van der Waals surface area (Å²) < 4.78 is 5.17. The van der Waals surface area contributed by atoms with Crippen molar-refractivity contribution in [1.82, 2.24) is 15.5 Å².